The molecular formula is C32H34N4O4. The van der Waals surface area contributed by atoms with Gasteiger partial charge in [-0.1, -0.05) is 41.6 Å². The fourth-order valence-electron chi connectivity index (χ4n) is 5.93. The second kappa shape index (κ2) is 11.2. The summed E-state index contributed by atoms with van der Waals surface area (Å²) in [5.41, 5.74) is 9.02. The van der Waals surface area contributed by atoms with Crippen LogP contribution < -0.4 is 0 Å². The van der Waals surface area contributed by atoms with Crippen LogP contribution >= 0.6 is 0 Å². The minimum absolute atomic E-state index is 0.0384. The molecule has 3 aromatic carbocycles. The van der Waals surface area contributed by atoms with Crippen molar-refractivity contribution < 1.29 is 19.1 Å². The Morgan fingerprint density at radius 1 is 1.02 bits per heavy atom. The number of ether oxygens (including phenoxy) is 2. The molecule has 0 aliphatic carbocycles. The van der Waals surface area contributed by atoms with Gasteiger partial charge in [-0.3, -0.25) is 9.59 Å². The molecular weight excluding hydrogens is 504 g/mol. The first-order chi connectivity index (χ1) is 19.5. The lowest BCUT2D eigenvalue weighted by Crippen LogP contribution is -2.36. The van der Waals surface area contributed by atoms with Gasteiger partial charge in [-0.25, -0.2) is 4.68 Å². The number of nitrogens with zero attached hydrogens (tertiary/aromatic N) is 4. The smallest absolute Gasteiger partial charge is 0.306 e. The molecule has 6 heterocycles. The Balaban J connectivity index is 1.43. The Morgan fingerprint density at radius 2 is 1.88 bits per heavy atom. The molecule has 206 valence electrons. The van der Waals surface area contributed by atoms with Crippen LogP contribution in [0, 0.1) is 6.92 Å². The van der Waals surface area contributed by atoms with E-state index in [1.807, 2.05) is 53.8 Å². The molecule has 1 atom stereocenters. The van der Waals surface area contributed by atoms with Crippen molar-refractivity contribution in [2.45, 2.75) is 52.1 Å². The van der Waals surface area contributed by atoms with E-state index in [-0.39, 0.29) is 24.2 Å². The second-order valence-corrected chi connectivity index (χ2v) is 10.6. The van der Waals surface area contributed by atoms with Gasteiger partial charge in [0, 0.05) is 24.6 Å². The molecule has 40 heavy (non-hydrogen) atoms. The molecule has 0 spiro atoms. The van der Waals surface area contributed by atoms with Gasteiger partial charge in [-0.2, -0.15) is 0 Å². The Kier molecular flexibility index (Phi) is 7.34. The number of aromatic nitrogens is 3. The monoisotopic (exact) mass is 538 g/mol. The largest absolute Gasteiger partial charge is 0.466 e. The lowest BCUT2D eigenvalue weighted by molar-refractivity contribution is -0.143. The standard InChI is InChI=1S/C32H34N4O4/c1-3-40-30(37)19-28-25-9-8-23-12-14-35(20-26(23)18-25)32(38)24-6-4-22(5-7-24)13-16-39-17-15-36-29-11-10-27(28)21(2)31(29)33-34-36/h4-11,18,28H,3,12-17,19-20H2,1-2H3. The highest BCUT2D eigenvalue weighted by molar-refractivity contribution is 5.94. The molecule has 9 bridgehead atoms. The van der Waals surface area contributed by atoms with Gasteiger partial charge in [0.25, 0.3) is 5.91 Å². The van der Waals surface area contributed by atoms with Gasteiger partial charge in [-0.05, 0) is 78.3 Å². The zero-order valence-corrected chi connectivity index (χ0v) is 23.1. The maximum atomic E-state index is 13.4. The molecule has 0 saturated carbocycles. The van der Waals surface area contributed by atoms with Gasteiger partial charge < -0.3 is 14.4 Å². The van der Waals surface area contributed by atoms with Crippen molar-refractivity contribution in [1.29, 1.82) is 0 Å². The van der Waals surface area contributed by atoms with Gasteiger partial charge in [0.05, 0.1) is 38.3 Å². The number of hydrogen-bond acceptors (Lipinski definition) is 6. The minimum Gasteiger partial charge on any atom is -0.466 e. The zero-order valence-electron chi connectivity index (χ0n) is 23.1. The molecule has 1 unspecified atom stereocenters. The summed E-state index contributed by atoms with van der Waals surface area (Å²) in [6.07, 6.45) is 1.79. The van der Waals surface area contributed by atoms with Crippen LogP contribution in [0.5, 0.6) is 0 Å². The van der Waals surface area contributed by atoms with Crippen molar-refractivity contribution >= 4 is 22.9 Å². The maximum absolute atomic E-state index is 13.4. The number of carbonyl (C=O) groups is 2. The van der Waals surface area contributed by atoms with Crippen molar-refractivity contribution in [3.8, 4) is 0 Å². The van der Waals surface area contributed by atoms with Gasteiger partial charge in [-0.15, -0.1) is 5.10 Å². The molecule has 1 amide bonds. The van der Waals surface area contributed by atoms with E-state index in [2.05, 4.69) is 34.6 Å². The Labute approximate surface area is 233 Å². The minimum atomic E-state index is -0.240. The topological polar surface area (TPSA) is 86.5 Å². The predicted octanol–water partition coefficient (Wildman–Crippen LogP) is 4.60. The summed E-state index contributed by atoms with van der Waals surface area (Å²) in [6, 6.07) is 18.4. The van der Waals surface area contributed by atoms with E-state index in [4.69, 9.17) is 9.47 Å². The molecule has 1 aromatic heterocycles. The van der Waals surface area contributed by atoms with E-state index in [1.165, 1.54) is 5.56 Å². The average Bonchev–Trinajstić information content (AvgIpc) is 3.39. The van der Waals surface area contributed by atoms with Crippen molar-refractivity contribution in [2.75, 3.05) is 26.4 Å². The first-order valence-corrected chi connectivity index (χ1v) is 14.1. The normalized spacial score (nSPS) is 17.5. The third kappa shape index (κ3) is 5.11. The molecule has 8 nitrogen and oxygen atoms in total. The lowest BCUT2D eigenvalue weighted by Gasteiger charge is -2.30. The molecule has 4 aromatic rings. The first-order valence-electron chi connectivity index (χ1n) is 14.1. The van der Waals surface area contributed by atoms with Crippen LogP contribution in [0.4, 0.5) is 0 Å². The van der Waals surface area contributed by atoms with Crippen molar-refractivity contribution in [3.63, 3.8) is 0 Å². The van der Waals surface area contributed by atoms with Crippen LogP contribution in [-0.2, 0) is 40.2 Å². The van der Waals surface area contributed by atoms with Crippen LogP contribution in [0.25, 0.3) is 11.0 Å². The summed E-state index contributed by atoms with van der Waals surface area (Å²) in [5.74, 6) is -0.414. The molecule has 5 aliphatic heterocycles. The summed E-state index contributed by atoms with van der Waals surface area (Å²) in [7, 11) is 0. The van der Waals surface area contributed by atoms with E-state index in [0.29, 0.717) is 45.0 Å². The first kappa shape index (κ1) is 26.2. The lowest BCUT2D eigenvalue weighted by atomic mass is 9.83. The predicted molar refractivity (Wildman–Crippen MR) is 151 cm³/mol. The quantitative estimate of drug-likeness (QED) is 0.355. The van der Waals surface area contributed by atoms with Crippen molar-refractivity contribution in [3.05, 3.63) is 93.5 Å². The van der Waals surface area contributed by atoms with E-state index in [1.54, 1.807) is 0 Å². The summed E-state index contributed by atoms with van der Waals surface area (Å²) in [4.78, 5) is 28.1. The fraction of sp³-hybridized carbons (Fsp3) is 0.375. The molecule has 9 rings (SSSR count). The summed E-state index contributed by atoms with van der Waals surface area (Å²) < 4.78 is 13.2. The summed E-state index contributed by atoms with van der Waals surface area (Å²) in [5, 5.41) is 8.92. The van der Waals surface area contributed by atoms with E-state index < -0.39 is 0 Å². The second-order valence-electron chi connectivity index (χ2n) is 10.6. The fourth-order valence-corrected chi connectivity index (χ4v) is 5.93. The molecule has 8 heteroatoms. The molecule has 0 saturated heterocycles. The van der Waals surface area contributed by atoms with Crippen LogP contribution in [0.2, 0.25) is 0 Å². The number of hydrogen-bond donors (Lipinski definition) is 0. The van der Waals surface area contributed by atoms with Crippen molar-refractivity contribution in [2.24, 2.45) is 0 Å². The van der Waals surface area contributed by atoms with Gasteiger partial charge >= 0.3 is 5.97 Å². The molecule has 0 fully saturated rings. The Bertz CT molecular complexity index is 1560. The van der Waals surface area contributed by atoms with Crippen LogP contribution in [0.15, 0.2) is 54.6 Å². The number of esters is 1. The zero-order chi connectivity index (χ0) is 27.6. The molecule has 0 radical (unpaired) electrons. The third-order valence-corrected chi connectivity index (χ3v) is 8.15. The Hall–Kier alpha value is -4.04. The SMILES string of the molecule is CCOC(=O)CC1c2ccc3c(c2)CN(CC3)C(=O)c2ccc(cc2)CCOCCn2nnc3c(C)c1ccc32. The van der Waals surface area contributed by atoms with Crippen LogP contribution in [-0.4, -0.2) is 58.1 Å². The van der Waals surface area contributed by atoms with E-state index in [0.717, 1.165) is 51.7 Å². The molecule has 5 aliphatic rings. The van der Waals surface area contributed by atoms with Crippen LogP contribution in [0.1, 0.15) is 63.0 Å². The summed E-state index contributed by atoms with van der Waals surface area (Å²) in [6.45, 7) is 7.12. The number of amides is 1. The van der Waals surface area contributed by atoms with Crippen molar-refractivity contribution in [1.82, 2.24) is 19.9 Å². The molecule has 0 N–H and O–H groups in total. The number of benzene rings is 3. The Morgan fingerprint density at radius 3 is 2.70 bits per heavy atom. The maximum Gasteiger partial charge on any atom is 0.306 e. The summed E-state index contributed by atoms with van der Waals surface area (Å²) >= 11 is 0. The van der Waals surface area contributed by atoms with Gasteiger partial charge in [0.2, 0.25) is 0 Å². The van der Waals surface area contributed by atoms with Gasteiger partial charge in [0.15, 0.2) is 0 Å². The highest BCUT2D eigenvalue weighted by Gasteiger charge is 2.27. The number of aryl methyl sites for hydroxylation is 1. The number of carbonyl (C=O) groups excluding carboxylic acids is 2. The third-order valence-electron chi connectivity index (χ3n) is 8.15. The van der Waals surface area contributed by atoms with E-state index >= 15 is 0 Å². The average molecular weight is 539 g/mol. The van der Waals surface area contributed by atoms with Crippen LogP contribution in [0.3, 0.4) is 0 Å². The van der Waals surface area contributed by atoms with Gasteiger partial charge in [0.1, 0.15) is 5.52 Å². The van der Waals surface area contributed by atoms with E-state index in [9.17, 15) is 9.59 Å². The number of rotatable bonds is 3. The highest BCUT2D eigenvalue weighted by atomic mass is 16.5. The highest BCUT2D eigenvalue weighted by Crippen LogP contribution is 2.35.